The number of fused-ring (bicyclic) bond motifs is 1. The Morgan fingerprint density at radius 3 is 3.05 bits per heavy atom. The van der Waals surface area contributed by atoms with Gasteiger partial charge in [0, 0.05) is 32.3 Å². The van der Waals surface area contributed by atoms with Crippen molar-refractivity contribution in [3.63, 3.8) is 0 Å². The monoisotopic (exact) mass is 262 g/mol. The third kappa shape index (κ3) is 3.14. The number of carbonyl (C=O) groups excluding carboxylic acids is 1. The molecule has 2 rings (SSSR count). The van der Waals surface area contributed by atoms with E-state index in [0.29, 0.717) is 19.7 Å². The van der Waals surface area contributed by atoms with E-state index in [4.69, 9.17) is 4.74 Å². The Labute approximate surface area is 114 Å². The van der Waals surface area contributed by atoms with Crippen LogP contribution in [0, 0.1) is 0 Å². The standard InChI is InChI=1S/C15H22N2O2/c1-3-17(9-10-19-2)15(18)14-6-4-5-12-11-16-8-7-13(12)14/h4-6,16H,3,7-11H2,1-2H3. The molecule has 4 heteroatoms. The normalized spacial score (nSPS) is 14.0. The Morgan fingerprint density at radius 1 is 1.47 bits per heavy atom. The van der Waals surface area contributed by atoms with Gasteiger partial charge in [-0.05, 0) is 37.1 Å². The molecule has 1 aliphatic rings. The molecule has 1 aromatic carbocycles. The summed E-state index contributed by atoms with van der Waals surface area (Å²) in [6.45, 7) is 5.75. The first-order chi connectivity index (χ1) is 9.27. The van der Waals surface area contributed by atoms with E-state index >= 15 is 0 Å². The molecule has 1 heterocycles. The maximum atomic E-state index is 12.6. The molecule has 104 valence electrons. The third-order valence-electron chi connectivity index (χ3n) is 3.60. The van der Waals surface area contributed by atoms with Crippen LogP contribution in [0.2, 0.25) is 0 Å². The first-order valence-electron chi connectivity index (χ1n) is 6.87. The number of nitrogens with one attached hydrogen (secondary N) is 1. The molecule has 0 fully saturated rings. The number of hydrogen-bond donors (Lipinski definition) is 1. The largest absolute Gasteiger partial charge is 0.383 e. The van der Waals surface area contributed by atoms with Crippen molar-refractivity contribution in [3.8, 4) is 0 Å². The smallest absolute Gasteiger partial charge is 0.254 e. The molecule has 0 aliphatic carbocycles. The van der Waals surface area contributed by atoms with Gasteiger partial charge in [0.25, 0.3) is 5.91 Å². The molecule has 0 bridgehead atoms. The summed E-state index contributed by atoms with van der Waals surface area (Å²) in [5.41, 5.74) is 3.32. The first kappa shape index (κ1) is 14.0. The summed E-state index contributed by atoms with van der Waals surface area (Å²) in [6.07, 6.45) is 0.930. The molecule has 1 N–H and O–H groups in total. The highest BCUT2D eigenvalue weighted by Gasteiger charge is 2.20. The van der Waals surface area contributed by atoms with Crippen LogP contribution < -0.4 is 5.32 Å². The number of benzene rings is 1. The molecule has 19 heavy (non-hydrogen) atoms. The molecular weight excluding hydrogens is 240 g/mol. The molecule has 1 amide bonds. The average Bonchev–Trinajstić information content (AvgIpc) is 2.47. The molecule has 0 aromatic heterocycles. The van der Waals surface area contributed by atoms with Gasteiger partial charge >= 0.3 is 0 Å². The van der Waals surface area contributed by atoms with E-state index in [1.807, 2.05) is 24.0 Å². The van der Waals surface area contributed by atoms with E-state index in [9.17, 15) is 4.79 Å². The van der Waals surface area contributed by atoms with Crippen molar-refractivity contribution in [2.45, 2.75) is 19.9 Å². The molecule has 0 spiro atoms. The molecule has 0 unspecified atom stereocenters. The predicted molar refractivity (Wildman–Crippen MR) is 75.3 cm³/mol. The summed E-state index contributed by atoms with van der Waals surface area (Å²) in [5.74, 6) is 0.123. The van der Waals surface area contributed by atoms with Crippen LogP contribution in [-0.4, -0.2) is 44.2 Å². The van der Waals surface area contributed by atoms with Crippen LogP contribution in [-0.2, 0) is 17.7 Å². The van der Waals surface area contributed by atoms with Gasteiger partial charge in [-0.25, -0.2) is 0 Å². The third-order valence-corrected chi connectivity index (χ3v) is 3.60. The fourth-order valence-corrected chi connectivity index (χ4v) is 2.51. The van der Waals surface area contributed by atoms with Crippen molar-refractivity contribution in [3.05, 3.63) is 34.9 Å². The van der Waals surface area contributed by atoms with Crippen LogP contribution in [0.5, 0.6) is 0 Å². The molecule has 0 saturated carbocycles. The highest BCUT2D eigenvalue weighted by Crippen LogP contribution is 2.20. The summed E-state index contributed by atoms with van der Waals surface area (Å²) in [4.78, 5) is 14.5. The molecule has 0 atom stereocenters. The number of likely N-dealkylation sites (N-methyl/N-ethyl adjacent to an activating group) is 1. The van der Waals surface area contributed by atoms with Gasteiger partial charge in [0.15, 0.2) is 0 Å². The average molecular weight is 262 g/mol. The van der Waals surface area contributed by atoms with Gasteiger partial charge in [-0.3, -0.25) is 4.79 Å². The Balaban J connectivity index is 2.22. The minimum absolute atomic E-state index is 0.123. The SMILES string of the molecule is CCN(CCOC)C(=O)c1cccc2c1CCNC2. The van der Waals surface area contributed by atoms with Crippen molar-refractivity contribution in [2.75, 3.05) is 33.4 Å². The molecule has 4 nitrogen and oxygen atoms in total. The quantitative estimate of drug-likeness (QED) is 0.873. The lowest BCUT2D eigenvalue weighted by Crippen LogP contribution is -2.35. The maximum Gasteiger partial charge on any atom is 0.254 e. The number of ether oxygens (including phenoxy) is 1. The number of hydrogen-bond acceptors (Lipinski definition) is 3. The summed E-state index contributed by atoms with van der Waals surface area (Å²) >= 11 is 0. The van der Waals surface area contributed by atoms with E-state index in [0.717, 1.165) is 25.1 Å². The van der Waals surface area contributed by atoms with Gasteiger partial charge in [0.2, 0.25) is 0 Å². The zero-order valence-corrected chi connectivity index (χ0v) is 11.7. The lowest BCUT2D eigenvalue weighted by Gasteiger charge is -2.25. The Kier molecular flexibility index (Phi) is 4.93. The zero-order chi connectivity index (χ0) is 13.7. The molecule has 1 aliphatic heterocycles. The number of methoxy groups -OCH3 is 1. The van der Waals surface area contributed by atoms with Gasteiger partial charge in [0.05, 0.1) is 6.61 Å². The summed E-state index contributed by atoms with van der Waals surface area (Å²) < 4.78 is 5.07. The van der Waals surface area contributed by atoms with Gasteiger partial charge < -0.3 is 15.0 Å². The fourth-order valence-electron chi connectivity index (χ4n) is 2.51. The molecule has 0 saturated heterocycles. The van der Waals surface area contributed by atoms with E-state index in [2.05, 4.69) is 11.4 Å². The zero-order valence-electron chi connectivity index (χ0n) is 11.7. The van der Waals surface area contributed by atoms with E-state index < -0.39 is 0 Å². The number of amides is 1. The second-order valence-electron chi connectivity index (χ2n) is 4.75. The van der Waals surface area contributed by atoms with Crippen LogP contribution in [0.4, 0.5) is 0 Å². The topological polar surface area (TPSA) is 41.6 Å². The lowest BCUT2D eigenvalue weighted by molar-refractivity contribution is 0.0705. The van der Waals surface area contributed by atoms with Crippen molar-refractivity contribution < 1.29 is 9.53 Å². The molecular formula is C15H22N2O2. The maximum absolute atomic E-state index is 12.6. The summed E-state index contributed by atoms with van der Waals surface area (Å²) in [5, 5.41) is 3.34. The molecule has 0 radical (unpaired) electrons. The van der Waals surface area contributed by atoms with E-state index in [-0.39, 0.29) is 5.91 Å². The van der Waals surface area contributed by atoms with Gasteiger partial charge in [-0.2, -0.15) is 0 Å². The van der Waals surface area contributed by atoms with Gasteiger partial charge in [-0.15, -0.1) is 0 Å². The first-order valence-corrected chi connectivity index (χ1v) is 6.87. The van der Waals surface area contributed by atoms with Crippen LogP contribution in [0.3, 0.4) is 0 Å². The number of rotatable bonds is 5. The Morgan fingerprint density at radius 2 is 2.32 bits per heavy atom. The van der Waals surface area contributed by atoms with Crippen LogP contribution in [0.1, 0.15) is 28.4 Å². The highest BCUT2D eigenvalue weighted by atomic mass is 16.5. The molecule has 1 aromatic rings. The Bertz CT molecular complexity index is 446. The minimum atomic E-state index is 0.123. The van der Waals surface area contributed by atoms with Crippen LogP contribution in [0.15, 0.2) is 18.2 Å². The van der Waals surface area contributed by atoms with Crippen LogP contribution >= 0.6 is 0 Å². The fraction of sp³-hybridized carbons (Fsp3) is 0.533. The predicted octanol–water partition coefficient (Wildman–Crippen LogP) is 1.44. The number of carbonyl (C=O) groups is 1. The Hall–Kier alpha value is -1.39. The number of nitrogens with zero attached hydrogens (tertiary/aromatic N) is 1. The van der Waals surface area contributed by atoms with E-state index in [1.165, 1.54) is 11.1 Å². The van der Waals surface area contributed by atoms with Gasteiger partial charge in [-0.1, -0.05) is 12.1 Å². The second-order valence-corrected chi connectivity index (χ2v) is 4.75. The van der Waals surface area contributed by atoms with Crippen molar-refractivity contribution in [1.29, 1.82) is 0 Å². The summed E-state index contributed by atoms with van der Waals surface area (Å²) in [6, 6.07) is 6.02. The van der Waals surface area contributed by atoms with Crippen molar-refractivity contribution in [1.82, 2.24) is 10.2 Å². The second kappa shape index (κ2) is 6.68. The van der Waals surface area contributed by atoms with Crippen molar-refractivity contribution in [2.24, 2.45) is 0 Å². The van der Waals surface area contributed by atoms with E-state index in [1.54, 1.807) is 7.11 Å². The van der Waals surface area contributed by atoms with Crippen molar-refractivity contribution >= 4 is 5.91 Å². The van der Waals surface area contributed by atoms with Gasteiger partial charge in [0.1, 0.15) is 0 Å². The minimum Gasteiger partial charge on any atom is -0.383 e. The highest BCUT2D eigenvalue weighted by molar-refractivity contribution is 5.96. The van der Waals surface area contributed by atoms with Crippen LogP contribution in [0.25, 0.3) is 0 Å². The lowest BCUT2D eigenvalue weighted by atomic mass is 9.95. The summed E-state index contributed by atoms with van der Waals surface area (Å²) in [7, 11) is 1.66.